The number of Topliss-reactive ketones (excluding diaryl/α,β-unsaturated/α-hetero) is 1. The molecule has 5 nitrogen and oxygen atoms in total. The second kappa shape index (κ2) is 17.9. The molecule has 37 heavy (non-hydrogen) atoms. The van der Waals surface area contributed by atoms with Crippen molar-refractivity contribution in [1.29, 1.82) is 0 Å². The lowest BCUT2D eigenvalue weighted by atomic mass is 9.74. The largest absolute Gasteiger partial charge is 0.338 e. The molecule has 1 saturated heterocycles. The first-order valence-electron chi connectivity index (χ1n) is 15.5. The average molecular weight is 517 g/mol. The molecular formula is C32H60N4O. The topological polar surface area (TPSA) is 48.3 Å². The van der Waals surface area contributed by atoms with Gasteiger partial charge in [0, 0.05) is 48.9 Å². The Bertz CT molecular complexity index is 712. The number of nitrogens with zero attached hydrogens (tertiary/aromatic N) is 4. The van der Waals surface area contributed by atoms with E-state index in [1.807, 2.05) is 0 Å². The maximum absolute atomic E-state index is 13.6. The summed E-state index contributed by atoms with van der Waals surface area (Å²) in [6, 6.07) is 0. The lowest BCUT2D eigenvalue weighted by molar-refractivity contribution is -0.125. The van der Waals surface area contributed by atoms with Crippen molar-refractivity contribution in [3.63, 3.8) is 0 Å². The maximum Gasteiger partial charge on any atom is 0.224 e. The van der Waals surface area contributed by atoms with Crippen molar-refractivity contribution in [3.05, 3.63) is 11.8 Å². The van der Waals surface area contributed by atoms with Crippen molar-refractivity contribution in [2.45, 2.75) is 144 Å². The van der Waals surface area contributed by atoms with Gasteiger partial charge in [-0.2, -0.15) is 0 Å². The molecule has 0 aromatic heterocycles. The first-order chi connectivity index (χ1) is 17.7. The Morgan fingerprint density at radius 1 is 0.811 bits per heavy atom. The summed E-state index contributed by atoms with van der Waals surface area (Å²) in [7, 11) is 0. The lowest BCUT2D eigenvalue weighted by Gasteiger charge is -2.46. The van der Waals surface area contributed by atoms with E-state index in [0.717, 1.165) is 70.3 Å². The number of carbonyl (C=O) groups is 1. The van der Waals surface area contributed by atoms with Crippen LogP contribution in [0.2, 0.25) is 0 Å². The number of unbranched alkanes of at least 4 members (excludes halogenated alkanes) is 6. The van der Waals surface area contributed by atoms with E-state index in [4.69, 9.17) is 4.99 Å². The van der Waals surface area contributed by atoms with Gasteiger partial charge >= 0.3 is 0 Å². The van der Waals surface area contributed by atoms with E-state index in [2.05, 4.69) is 70.0 Å². The zero-order valence-electron chi connectivity index (χ0n) is 25.7. The number of aliphatic imine (C=N–C) groups is 2. The fraction of sp³-hybridized carbons (Fsp3) is 0.844. The van der Waals surface area contributed by atoms with Crippen LogP contribution in [0.1, 0.15) is 138 Å². The first-order valence-corrected chi connectivity index (χ1v) is 15.5. The van der Waals surface area contributed by atoms with Crippen LogP contribution in [0.15, 0.2) is 21.8 Å². The highest BCUT2D eigenvalue weighted by Crippen LogP contribution is 2.35. The smallest absolute Gasteiger partial charge is 0.224 e. The molecule has 1 rings (SSSR count). The molecule has 1 aliphatic heterocycles. The molecule has 1 heterocycles. The van der Waals surface area contributed by atoms with Gasteiger partial charge in [-0.1, -0.05) is 99.3 Å². The fourth-order valence-electron chi connectivity index (χ4n) is 5.66. The Labute approximate surface area is 230 Å². The van der Waals surface area contributed by atoms with Gasteiger partial charge in [0.25, 0.3) is 0 Å². The number of hydrogen-bond donors (Lipinski definition) is 0. The summed E-state index contributed by atoms with van der Waals surface area (Å²) in [4.78, 5) is 27.5. The van der Waals surface area contributed by atoms with E-state index in [-0.39, 0.29) is 16.7 Å². The van der Waals surface area contributed by atoms with Gasteiger partial charge < -0.3 is 4.90 Å². The van der Waals surface area contributed by atoms with Crippen LogP contribution in [-0.2, 0) is 4.79 Å². The van der Waals surface area contributed by atoms with Gasteiger partial charge in [-0.25, -0.2) is 9.98 Å². The van der Waals surface area contributed by atoms with E-state index < -0.39 is 0 Å². The number of carbonyl (C=O) groups excluding carboxylic acids is 1. The third-order valence-corrected chi connectivity index (χ3v) is 8.77. The maximum atomic E-state index is 13.6. The summed E-state index contributed by atoms with van der Waals surface area (Å²) in [5.41, 5.74) is 0.786. The number of ketones is 1. The van der Waals surface area contributed by atoms with Crippen LogP contribution in [0.3, 0.4) is 0 Å². The summed E-state index contributed by atoms with van der Waals surface area (Å²) in [6.45, 7) is 23.3. The van der Waals surface area contributed by atoms with Gasteiger partial charge in [0.15, 0.2) is 5.78 Å². The summed E-state index contributed by atoms with van der Waals surface area (Å²) in [5.74, 6) is 0.923. The molecule has 0 saturated carbocycles. The molecule has 1 unspecified atom stereocenters. The van der Waals surface area contributed by atoms with Gasteiger partial charge in [0.2, 0.25) is 5.96 Å². The molecular weight excluding hydrogens is 456 g/mol. The standard InChI is InChI=1S/C32H60N4O/c1-9-14-17-18-19-22-32(7,13-5)36-25-23-35(24-26-36)30(33-8)34-27-28(12-4)29(37)31(6,20-15-10-2)21-16-11-3/h27H,8-26H2,1-7H3/b28-27+,34-30+. The summed E-state index contributed by atoms with van der Waals surface area (Å²) in [6.07, 6.45) is 17.9. The van der Waals surface area contributed by atoms with E-state index in [9.17, 15) is 4.79 Å². The van der Waals surface area contributed by atoms with Crippen molar-refractivity contribution >= 4 is 18.5 Å². The van der Waals surface area contributed by atoms with Gasteiger partial charge in [0.1, 0.15) is 0 Å². The Morgan fingerprint density at radius 3 is 1.86 bits per heavy atom. The molecule has 0 amide bonds. The van der Waals surface area contributed by atoms with Crippen LogP contribution in [0.5, 0.6) is 0 Å². The van der Waals surface area contributed by atoms with Gasteiger partial charge in [-0.3, -0.25) is 9.69 Å². The normalized spacial score (nSPS) is 17.6. The summed E-state index contributed by atoms with van der Waals surface area (Å²) >= 11 is 0. The minimum absolute atomic E-state index is 0.264. The molecule has 0 aromatic rings. The molecule has 0 spiro atoms. The molecule has 0 aliphatic carbocycles. The Balaban J connectivity index is 2.88. The van der Waals surface area contributed by atoms with Crippen LogP contribution < -0.4 is 0 Å². The van der Waals surface area contributed by atoms with Gasteiger partial charge in [0.05, 0.1) is 0 Å². The second-order valence-corrected chi connectivity index (χ2v) is 11.7. The molecule has 1 aliphatic rings. The predicted molar refractivity (Wildman–Crippen MR) is 163 cm³/mol. The number of hydrogen-bond acceptors (Lipinski definition) is 3. The summed E-state index contributed by atoms with van der Waals surface area (Å²) in [5, 5.41) is 0. The monoisotopic (exact) mass is 516 g/mol. The zero-order valence-corrected chi connectivity index (χ0v) is 25.7. The van der Waals surface area contributed by atoms with E-state index in [0.29, 0.717) is 12.4 Å². The summed E-state index contributed by atoms with van der Waals surface area (Å²) < 4.78 is 0. The lowest BCUT2D eigenvalue weighted by Crippen LogP contribution is -2.56. The molecule has 1 fully saturated rings. The highest BCUT2D eigenvalue weighted by atomic mass is 16.1. The molecule has 0 bridgehead atoms. The van der Waals surface area contributed by atoms with Crippen molar-refractivity contribution in [3.8, 4) is 0 Å². The van der Waals surface area contributed by atoms with Crippen molar-refractivity contribution in [2.75, 3.05) is 26.2 Å². The Morgan fingerprint density at radius 2 is 1.38 bits per heavy atom. The third kappa shape index (κ3) is 10.7. The van der Waals surface area contributed by atoms with E-state index >= 15 is 0 Å². The minimum atomic E-state index is -0.294. The van der Waals surface area contributed by atoms with Crippen LogP contribution >= 0.6 is 0 Å². The quantitative estimate of drug-likeness (QED) is 0.0794. The molecule has 5 heteroatoms. The van der Waals surface area contributed by atoms with Crippen LogP contribution in [0.25, 0.3) is 0 Å². The SMILES string of the molecule is C=N/C(=N\C=C(/CC)C(=O)C(C)(CCCC)CCCC)N1CCN(C(C)(CC)CCCCCCC)CC1. The van der Waals surface area contributed by atoms with Crippen LogP contribution in [0, 0.1) is 5.41 Å². The van der Waals surface area contributed by atoms with Crippen molar-refractivity contribution < 1.29 is 4.79 Å². The first kappa shape index (κ1) is 33.5. The third-order valence-electron chi connectivity index (χ3n) is 8.77. The minimum Gasteiger partial charge on any atom is -0.338 e. The number of allylic oxidation sites excluding steroid dienone is 1. The fourth-order valence-corrected chi connectivity index (χ4v) is 5.66. The molecule has 214 valence electrons. The number of rotatable bonds is 18. The van der Waals surface area contributed by atoms with Crippen molar-refractivity contribution in [2.24, 2.45) is 15.4 Å². The second-order valence-electron chi connectivity index (χ2n) is 11.7. The predicted octanol–water partition coefficient (Wildman–Crippen LogP) is 8.44. The number of piperazine rings is 1. The molecule has 0 radical (unpaired) electrons. The average Bonchev–Trinajstić information content (AvgIpc) is 2.92. The highest BCUT2D eigenvalue weighted by Gasteiger charge is 2.34. The van der Waals surface area contributed by atoms with Gasteiger partial charge in [-0.15, -0.1) is 0 Å². The molecule has 0 N–H and O–H groups in total. The Kier molecular flexibility index (Phi) is 16.2. The van der Waals surface area contributed by atoms with Crippen LogP contribution in [-0.4, -0.2) is 60.0 Å². The molecule has 1 atom stereocenters. The van der Waals surface area contributed by atoms with Crippen molar-refractivity contribution in [1.82, 2.24) is 9.80 Å². The van der Waals surface area contributed by atoms with Gasteiger partial charge in [-0.05, 0) is 45.7 Å². The van der Waals surface area contributed by atoms with E-state index in [1.54, 1.807) is 6.20 Å². The zero-order chi connectivity index (χ0) is 27.7. The van der Waals surface area contributed by atoms with Crippen LogP contribution in [0.4, 0.5) is 0 Å². The Hall–Kier alpha value is -1.49. The number of guanidine groups is 1. The van der Waals surface area contributed by atoms with E-state index in [1.165, 1.54) is 44.9 Å². The molecule has 0 aromatic carbocycles. The highest BCUT2D eigenvalue weighted by molar-refractivity contribution is 5.99.